The maximum Gasteiger partial charge on any atom is 0.206 e. The summed E-state index contributed by atoms with van der Waals surface area (Å²) in [5.41, 5.74) is 3.65. The van der Waals surface area contributed by atoms with Crippen molar-refractivity contribution in [1.29, 1.82) is 0 Å². The van der Waals surface area contributed by atoms with Crippen molar-refractivity contribution in [3.8, 4) is 0 Å². The molecular weight excluding hydrogens is 280 g/mol. The number of benzene rings is 2. The van der Waals surface area contributed by atoms with Crippen molar-refractivity contribution < 1.29 is 8.42 Å². The highest BCUT2D eigenvalue weighted by Gasteiger charge is 2.18. The summed E-state index contributed by atoms with van der Waals surface area (Å²) in [6.07, 6.45) is 3.33. The highest BCUT2D eigenvalue weighted by Crippen LogP contribution is 2.25. The predicted octanol–water partition coefficient (Wildman–Crippen LogP) is 4.42. The van der Waals surface area contributed by atoms with Crippen LogP contribution >= 0.6 is 0 Å². The molecule has 2 nitrogen and oxygen atoms in total. The molecule has 0 aliphatic rings. The van der Waals surface area contributed by atoms with Crippen LogP contribution < -0.4 is 0 Å². The van der Waals surface area contributed by atoms with Crippen LogP contribution in [0.25, 0.3) is 12.2 Å². The maximum absolute atomic E-state index is 12.7. The van der Waals surface area contributed by atoms with E-state index in [0.29, 0.717) is 0 Å². The van der Waals surface area contributed by atoms with Gasteiger partial charge in [-0.3, -0.25) is 0 Å². The largest absolute Gasteiger partial charge is 0.219 e. The highest BCUT2D eigenvalue weighted by atomic mass is 32.2. The second-order valence-corrected chi connectivity index (χ2v) is 6.90. The van der Waals surface area contributed by atoms with Gasteiger partial charge in [0.1, 0.15) is 0 Å². The van der Waals surface area contributed by atoms with Gasteiger partial charge in [-0.05, 0) is 60.4 Å². The van der Waals surface area contributed by atoms with Gasteiger partial charge in [0, 0.05) is 0 Å². The van der Waals surface area contributed by atoms with Crippen LogP contribution in [0.5, 0.6) is 0 Å². The van der Waals surface area contributed by atoms with E-state index in [4.69, 9.17) is 0 Å². The Labute approximate surface area is 126 Å². The van der Waals surface area contributed by atoms with Gasteiger partial charge >= 0.3 is 0 Å². The number of rotatable bonds is 4. The molecule has 0 saturated heterocycles. The topological polar surface area (TPSA) is 34.1 Å². The molecule has 0 radical (unpaired) electrons. The molecule has 0 aliphatic heterocycles. The molecule has 2 aromatic carbocycles. The van der Waals surface area contributed by atoms with Gasteiger partial charge in [0.05, 0.1) is 9.79 Å². The summed E-state index contributed by atoms with van der Waals surface area (Å²) in [6.45, 7) is 11.3. The molecule has 2 rings (SSSR count). The van der Waals surface area contributed by atoms with Crippen molar-refractivity contribution in [3.63, 3.8) is 0 Å². The molecule has 21 heavy (non-hydrogen) atoms. The van der Waals surface area contributed by atoms with Crippen molar-refractivity contribution in [2.75, 3.05) is 0 Å². The zero-order valence-electron chi connectivity index (χ0n) is 12.3. The highest BCUT2D eigenvalue weighted by molar-refractivity contribution is 7.91. The molecule has 0 aliphatic carbocycles. The van der Waals surface area contributed by atoms with E-state index in [2.05, 4.69) is 13.2 Å². The second kappa shape index (κ2) is 5.70. The van der Waals surface area contributed by atoms with E-state index < -0.39 is 9.84 Å². The van der Waals surface area contributed by atoms with Crippen LogP contribution in [-0.2, 0) is 9.84 Å². The Morgan fingerprint density at radius 3 is 1.52 bits per heavy atom. The van der Waals surface area contributed by atoms with Crippen molar-refractivity contribution in [1.82, 2.24) is 0 Å². The molecule has 0 bridgehead atoms. The van der Waals surface area contributed by atoms with E-state index in [1.807, 2.05) is 13.8 Å². The van der Waals surface area contributed by atoms with Crippen LogP contribution in [0.2, 0.25) is 0 Å². The van der Waals surface area contributed by atoms with Gasteiger partial charge in [-0.15, -0.1) is 0 Å². The van der Waals surface area contributed by atoms with E-state index in [0.717, 1.165) is 22.3 Å². The summed E-state index contributed by atoms with van der Waals surface area (Å²) >= 11 is 0. The fourth-order valence-corrected chi connectivity index (χ4v) is 3.48. The zero-order valence-corrected chi connectivity index (χ0v) is 13.1. The molecule has 0 fully saturated rings. The first-order chi connectivity index (χ1) is 9.90. The lowest BCUT2D eigenvalue weighted by Crippen LogP contribution is -2.03. The summed E-state index contributed by atoms with van der Waals surface area (Å²) in [6, 6.07) is 10.2. The first-order valence-corrected chi connectivity index (χ1v) is 8.09. The number of aryl methyl sites for hydroxylation is 2. The van der Waals surface area contributed by atoms with Gasteiger partial charge < -0.3 is 0 Å². The smallest absolute Gasteiger partial charge is 0.206 e. The van der Waals surface area contributed by atoms with Crippen LogP contribution in [0.15, 0.2) is 59.3 Å². The molecule has 0 amide bonds. The van der Waals surface area contributed by atoms with Crippen LogP contribution in [0.3, 0.4) is 0 Å². The Morgan fingerprint density at radius 1 is 0.810 bits per heavy atom. The molecule has 0 heterocycles. The molecule has 2 aromatic rings. The van der Waals surface area contributed by atoms with E-state index in [1.54, 1.807) is 48.6 Å². The minimum Gasteiger partial charge on any atom is -0.219 e. The minimum atomic E-state index is -3.53. The summed E-state index contributed by atoms with van der Waals surface area (Å²) in [4.78, 5) is 0.559. The van der Waals surface area contributed by atoms with Crippen molar-refractivity contribution >= 4 is 22.0 Å². The first kappa shape index (κ1) is 15.3. The summed E-state index contributed by atoms with van der Waals surface area (Å²) in [7, 11) is -3.53. The predicted molar refractivity (Wildman–Crippen MR) is 88.0 cm³/mol. The Bertz CT molecular complexity index is 752. The van der Waals surface area contributed by atoms with Gasteiger partial charge in [-0.2, -0.15) is 0 Å². The third kappa shape index (κ3) is 2.83. The quantitative estimate of drug-likeness (QED) is 0.837. The Morgan fingerprint density at radius 2 is 1.19 bits per heavy atom. The molecule has 3 heteroatoms. The van der Waals surface area contributed by atoms with Crippen LogP contribution in [0.1, 0.15) is 22.3 Å². The van der Waals surface area contributed by atoms with Crippen molar-refractivity contribution in [3.05, 3.63) is 71.8 Å². The van der Waals surface area contributed by atoms with Crippen molar-refractivity contribution in [2.24, 2.45) is 0 Å². The third-order valence-electron chi connectivity index (χ3n) is 3.56. The van der Waals surface area contributed by atoms with Gasteiger partial charge in [0.15, 0.2) is 0 Å². The standard InChI is InChI=1S/C18H18O2S/c1-5-15-11-17(9-7-13(15)3)21(19,20)18-10-8-14(4)16(6-2)12-18/h5-12H,1-2H2,3-4H3. The minimum absolute atomic E-state index is 0.280. The number of hydrogen-bond acceptors (Lipinski definition) is 2. The Kier molecular flexibility index (Phi) is 4.14. The summed E-state index contributed by atoms with van der Waals surface area (Å²) in [5.74, 6) is 0. The van der Waals surface area contributed by atoms with Crippen molar-refractivity contribution in [2.45, 2.75) is 23.6 Å². The second-order valence-electron chi connectivity index (χ2n) is 4.95. The molecule has 108 valence electrons. The average Bonchev–Trinajstić information content (AvgIpc) is 2.47. The SMILES string of the molecule is C=Cc1cc(S(=O)(=O)c2ccc(C)c(C=C)c2)ccc1C. The van der Waals surface area contributed by atoms with Gasteiger partial charge in [-0.1, -0.05) is 37.4 Å². The normalized spacial score (nSPS) is 11.1. The summed E-state index contributed by atoms with van der Waals surface area (Å²) < 4.78 is 25.4. The maximum atomic E-state index is 12.7. The van der Waals surface area contributed by atoms with Crippen LogP contribution in [0.4, 0.5) is 0 Å². The lowest BCUT2D eigenvalue weighted by Gasteiger charge is -2.09. The monoisotopic (exact) mass is 298 g/mol. The van der Waals surface area contributed by atoms with Gasteiger partial charge in [-0.25, -0.2) is 8.42 Å². The average molecular weight is 298 g/mol. The molecule has 0 spiro atoms. The lowest BCUT2D eigenvalue weighted by molar-refractivity contribution is 0.596. The molecular formula is C18H18O2S. The Hall–Kier alpha value is -2.13. The fraction of sp³-hybridized carbons (Fsp3) is 0.111. The first-order valence-electron chi connectivity index (χ1n) is 6.61. The van der Waals surface area contributed by atoms with Gasteiger partial charge in [0.2, 0.25) is 9.84 Å². The molecule has 0 N–H and O–H groups in total. The van der Waals surface area contributed by atoms with E-state index >= 15 is 0 Å². The molecule has 0 aromatic heterocycles. The van der Waals surface area contributed by atoms with E-state index in [1.165, 1.54) is 0 Å². The molecule has 0 saturated carbocycles. The molecule has 0 atom stereocenters. The summed E-state index contributed by atoms with van der Waals surface area (Å²) in [5, 5.41) is 0. The lowest BCUT2D eigenvalue weighted by atomic mass is 10.1. The number of hydrogen-bond donors (Lipinski definition) is 0. The van der Waals surface area contributed by atoms with E-state index in [-0.39, 0.29) is 9.79 Å². The molecule has 0 unspecified atom stereocenters. The third-order valence-corrected chi connectivity index (χ3v) is 5.31. The fourth-order valence-electron chi connectivity index (χ4n) is 2.15. The van der Waals surface area contributed by atoms with Crippen LogP contribution in [0, 0.1) is 13.8 Å². The Balaban J connectivity index is 2.62. The van der Waals surface area contributed by atoms with Crippen LogP contribution in [-0.4, -0.2) is 8.42 Å². The van der Waals surface area contributed by atoms with Gasteiger partial charge in [0.25, 0.3) is 0 Å². The number of sulfone groups is 1. The van der Waals surface area contributed by atoms with E-state index in [9.17, 15) is 8.42 Å². The zero-order chi connectivity index (χ0) is 15.6.